The van der Waals surface area contributed by atoms with Gasteiger partial charge in [-0.3, -0.25) is 9.59 Å². The van der Waals surface area contributed by atoms with E-state index in [2.05, 4.69) is 10.6 Å². The Hall–Kier alpha value is -2.27. The van der Waals surface area contributed by atoms with Crippen molar-refractivity contribution in [2.45, 2.75) is 11.3 Å². The summed E-state index contributed by atoms with van der Waals surface area (Å²) in [6, 6.07) is 17.1. The lowest BCUT2D eigenvalue weighted by Crippen LogP contribution is -2.20. The first-order chi connectivity index (χ1) is 10.7. The molecule has 0 spiro atoms. The van der Waals surface area contributed by atoms with Crippen LogP contribution in [0.25, 0.3) is 0 Å². The minimum absolute atomic E-state index is 0.0314. The first-order valence-electron chi connectivity index (χ1n) is 6.94. The molecule has 114 valence electrons. The Bertz CT molecular complexity index is 627. The third kappa shape index (κ3) is 5.26. The van der Waals surface area contributed by atoms with E-state index in [0.717, 1.165) is 16.1 Å². The maximum atomic E-state index is 11.9. The van der Waals surface area contributed by atoms with Crippen molar-refractivity contribution >= 4 is 29.3 Å². The highest BCUT2D eigenvalue weighted by molar-refractivity contribution is 8.00. The molecule has 2 aromatic rings. The molecule has 2 rings (SSSR count). The zero-order valence-corrected chi connectivity index (χ0v) is 13.2. The van der Waals surface area contributed by atoms with E-state index < -0.39 is 0 Å². The van der Waals surface area contributed by atoms with Crippen LogP contribution in [0, 0.1) is 0 Å². The van der Waals surface area contributed by atoms with Gasteiger partial charge in [-0.25, -0.2) is 0 Å². The molecule has 2 aromatic carbocycles. The summed E-state index contributed by atoms with van der Waals surface area (Å²) in [5.41, 5.74) is 1.65. The predicted molar refractivity (Wildman–Crippen MR) is 90.0 cm³/mol. The standard InChI is InChI=1S/C17H18N2O2S/c1-18-16(20)11-13-7-9-14(10-8-13)19-17(21)12-22-15-5-3-2-4-6-15/h2-10H,11-12H2,1H3,(H,18,20)(H,19,21). The van der Waals surface area contributed by atoms with Gasteiger partial charge in [-0.05, 0) is 29.8 Å². The van der Waals surface area contributed by atoms with Crippen LogP contribution in [0.5, 0.6) is 0 Å². The minimum atomic E-state index is -0.0482. The van der Waals surface area contributed by atoms with Gasteiger partial charge in [-0.1, -0.05) is 30.3 Å². The molecule has 2 N–H and O–H groups in total. The summed E-state index contributed by atoms with van der Waals surface area (Å²) >= 11 is 1.50. The molecule has 5 heteroatoms. The van der Waals surface area contributed by atoms with E-state index in [1.54, 1.807) is 7.05 Å². The van der Waals surface area contributed by atoms with Gasteiger partial charge >= 0.3 is 0 Å². The van der Waals surface area contributed by atoms with Gasteiger partial charge in [0.25, 0.3) is 0 Å². The van der Waals surface area contributed by atoms with E-state index in [-0.39, 0.29) is 11.8 Å². The molecule has 0 aromatic heterocycles. The number of carbonyl (C=O) groups is 2. The Labute approximate surface area is 134 Å². The highest BCUT2D eigenvalue weighted by Crippen LogP contribution is 2.17. The zero-order valence-electron chi connectivity index (χ0n) is 12.3. The van der Waals surface area contributed by atoms with Crippen molar-refractivity contribution in [1.82, 2.24) is 5.32 Å². The predicted octanol–water partition coefficient (Wildman–Crippen LogP) is 2.71. The van der Waals surface area contributed by atoms with Crippen molar-refractivity contribution in [3.8, 4) is 0 Å². The van der Waals surface area contributed by atoms with Crippen molar-refractivity contribution in [1.29, 1.82) is 0 Å². The van der Waals surface area contributed by atoms with Gasteiger partial charge in [0.15, 0.2) is 0 Å². The van der Waals surface area contributed by atoms with E-state index in [9.17, 15) is 9.59 Å². The third-order valence-corrected chi connectivity index (χ3v) is 4.01. The van der Waals surface area contributed by atoms with E-state index in [1.165, 1.54) is 11.8 Å². The SMILES string of the molecule is CNC(=O)Cc1ccc(NC(=O)CSc2ccccc2)cc1. The van der Waals surface area contributed by atoms with Crippen molar-refractivity contribution in [2.75, 3.05) is 18.1 Å². The summed E-state index contributed by atoms with van der Waals surface area (Å²) in [5, 5.41) is 5.43. The van der Waals surface area contributed by atoms with Crippen LogP contribution >= 0.6 is 11.8 Å². The molecule has 0 unspecified atom stereocenters. The lowest BCUT2D eigenvalue weighted by molar-refractivity contribution is -0.120. The maximum Gasteiger partial charge on any atom is 0.234 e. The van der Waals surface area contributed by atoms with Crippen molar-refractivity contribution in [3.05, 3.63) is 60.2 Å². The number of thioether (sulfide) groups is 1. The van der Waals surface area contributed by atoms with Crippen LogP contribution in [-0.2, 0) is 16.0 Å². The number of likely N-dealkylation sites (N-methyl/N-ethyl adjacent to an activating group) is 1. The molecular weight excluding hydrogens is 296 g/mol. The Balaban J connectivity index is 1.82. The number of rotatable bonds is 6. The summed E-state index contributed by atoms with van der Waals surface area (Å²) in [5.74, 6) is 0.285. The van der Waals surface area contributed by atoms with Gasteiger partial charge in [0, 0.05) is 17.6 Å². The fraction of sp³-hybridized carbons (Fsp3) is 0.176. The largest absolute Gasteiger partial charge is 0.359 e. The fourth-order valence-corrected chi connectivity index (χ4v) is 2.56. The lowest BCUT2D eigenvalue weighted by Gasteiger charge is -2.06. The molecule has 22 heavy (non-hydrogen) atoms. The Morgan fingerprint density at radius 3 is 2.27 bits per heavy atom. The minimum Gasteiger partial charge on any atom is -0.359 e. The Morgan fingerprint density at radius 1 is 0.955 bits per heavy atom. The number of nitrogens with one attached hydrogen (secondary N) is 2. The number of hydrogen-bond donors (Lipinski definition) is 2. The summed E-state index contributed by atoms with van der Waals surface area (Å²) in [6.45, 7) is 0. The fourth-order valence-electron chi connectivity index (χ4n) is 1.84. The van der Waals surface area contributed by atoms with E-state index in [1.807, 2.05) is 54.6 Å². The van der Waals surface area contributed by atoms with Gasteiger partial charge in [0.1, 0.15) is 0 Å². The monoisotopic (exact) mass is 314 g/mol. The first kappa shape index (κ1) is 16.1. The number of carbonyl (C=O) groups excluding carboxylic acids is 2. The van der Waals surface area contributed by atoms with Gasteiger partial charge in [-0.2, -0.15) is 0 Å². The first-order valence-corrected chi connectivity index (χ1v) is 7.93. The molecule has 0 radical (unpaired) electrons. The van der Waals surface area contributed by atoms with Gasteiger partial charge in [-0.15, -0.1) is 11.8 Å². The molecule has 0 fully saturated rings. The third-order valence-electron chi connectivity index (χ3n) is 2.99. The second kappa shape index (κ2) is 8.24. The number of hydrogen-bond acceptors (Lipinski definition) is 3. The van der Waals surface area contributed by atoms with Crippen LogP contribution in [0.4, 0.5) is 5.69 Å². The molecule has 2 amide bonds. The number of anilines is 1. The van der Waals surface area contributed by atoms with Gasteiger partial charge in [0.2, 0.25) is 11.8 Å². The number of amides is 2. The van der Waals surface area contributed by atoms with Gasteiger partial charge in [0.05, 0.1) is 12.2 Å². The van der Waals surface area contributed by atoms with Crippen molar-refractivity contribution in [3.63, 3.8) is 0 Å². The maximum absolute atomic E-state index is 11.9. The molecule has 0 aliphatic carbocycles. The Morgan fingerprint density at radius 2 is 1.64 bits per heavy atom. The Kier molecular flexibility index (Phi) is 6.03. The normalized spacial score (nSPS) is 10.0. The quantitative estimate of drug-likeness (QED) is 0.806. The highest BCUT2D eigenvalue weighted by atomic mass is 32.2. The molecule has 0 atom stereocenters. The van der Waals surface area contributed by atoms with Crippen molar-refractivity contribution in [2.24, 2.45) is 0 Å². The molecule has 4 nitrogen and oxygen atoms in total. The molecule has 0 saturated heterocycles. The summed E-state index contributed by atoms with van der Waals surface area (Å²) in [4.78, 5) is 24.2. The molecule has 0 saturated carbocycles. The topological polar surface area (TPSA) is 58.2 Å². The number of benzene rings is 2. The smallest absolute Gasteiger partial charge is 0.234 e. The van der Waals surface area contributed by atoms with Crippen LogP contribution in [0.2, 0.25) is 0 Å². The average molecular weight is 314 g/mol. The summed E-state index contributed by atoms with van der Waals surface area (Å²) in [7, 11) is 1.61. The van der Waals surface area contributed by atoms with Gasteiger partial charge < -0.3 is 10.6 Å². The highest BCUT2D eigenvalue weighted by Gasteiger charge is 2.05. The van der Waals surface area contributed by atoms with Crippen LogP contribution in [0.3, 0.4) is 0 Å². The second-order valence-corrected chi connectivity index (χ2v) is 5.75. The summed E-state index contributed by atoms with van der Waals surface area (Å²) < 4.78 is 0. The van der Waals surface area contributed by atoms with Crippen LogP contribution in [0.15, 0.2) is 59.5 Å². The van der Waals surface area contributed by atoms with E-state index in [4.69, 9.17) is 0 Å². The average Bonchev–Trinajstić information content (AvgIpc) is 2.55. The molecular formula is C17H18N2O2S. The summed E-state index contributed by atoms with van der Waals surface area (Å²) in [6.07, 6.45) is 0.342. The van der Waals surface area contributed by atoms with E-state index in [0.29, 0.717) is 12.2 Å². The molecule has 0 aliphatic rings. The van der Waals surface area contributed by atoms with E-state index >= 15 is 0 Å². The lowest BCUT2D eigenvalue weighted by atomic mass is 10.1. The van der Waals surface area contributed by atoms with Crippen LogP contribution < -0.4 is 10.6 Å². The molecule has 0 bridgehead atoms. The molecule has 0 aliphatic heterocycles. The van der Waals surface area contributed by atoms with Crippen molar-refractivity contribution < 1.29 is 9.59 Å². The zero-order chi connectivity index (χ0) is 15.8. The second-order valence-electron chi connectivity index (χ2n) is 4.70. The van der Waals surface area contributed by atoms with Crippen LogP contribution in [0.1, 0.15) is 5.56 Å². The van der Waals surface area contributed by atoms with Crippen LogP contribution in [-0.4, -0.2) is 24.6 Å². The molecule has 0 heterocycles.